The van der Waals surface area contributed by atoms with E-state index in [4.69, 9.17) is 0 Å². The molecule has 0 radical (unpaired) electrons. The maximum absolute atomic E-state index is 12.8. The molecular formula is C13H9F6N3O. The number of anilines is 1. The topological polar surface area (TPSA) is 46.9 Å². The molecule has 0 bridgehead atoms. The summed E-state index contributed by atoms with van der Waals surface area (Å²) >= 11 is 0. The minimum absolute atomic E-state index is 0.435. The largest absolute Gasteiger partial charge is 0.433 e. The lowest BCUT2D eigenvalue weighted by atomic mass is 10.1. The van der Waals surface area contributed by atoms with Crippen LogP contribution in [0.15, 0.2) is 30.3 Å². The Balaban J connectivity index is 2.31. The van der Waals surface area contributed by atoms with Gasteiger partial charge in [-0.1, -0.05) is 12.1 Å². The smallest absolute Gasteiger partial charge is 0.320 e. The lowest BCUT2D eigenvalue weighted by Gasteiger charge is -2.12. The van der Waals surface area contributed by atoms with Gasteiger partial charge >= 0.3 is 12.4 Å². The number of carbonyl (C=O) groups is 1. The molecule has 0 fully saturated rings. The summed E-state index contributed by atoms with van der Waals surface area (Å²) in [6, 6.07) is 4.58. The molecule has 0 spiro atoms. The van der Waals surface area contributed by atoms with Gasteiger partial charge in [0.25, 0.3) is 5.91 Å². The van der Waals surface area contributed by atoms with E-state index in [9.17, 15) is 31.1 Å². The Labute approximate surface area is 125 Å². The molecule has 4 nitrogen and oxygen atoms in total. The molecule has 2 aromatic rings. The molecule has 0 saturated carbocycles. The molecule has 0 aliphatic heterocycles. The quantitative estimate of drug-likeness (QED) is 0.849. The first-order valence-electron chi connectivity index (χ1n) is 6.09. The summed E-state index contributed by atoms with van der Waals surface area (Å²) in [5, 5.41) is 5.29. The van der Waals surface area contributed by atoms with Crippen molar-refractivity contribution in [3.05, 3.63) is 47.3 Å². The van der Waals surface area contributed by atoms with E-state index in [0.29, 0.717) is 10.7 Å². The van der Waals surface area contributed by atoms with E-state index in [0.717, 1.165) is 25.2 Å². The first-order chi connectivity index (χ1) is 10.5. The van der Waals surface area contributed by atoms with Crippen LogP contribution in [-0.4, -0.2) is 15.7 Å². The molecule has 1 N–H and O–H groups in total. The van der Waals surface area contributed by atoms with Crippen molar-refractivity contribution in [3.8, 4) is 0 Å². The highest BCUT2D eigenvalue weighted by Crippen LogP contribution is 2.35. The van der Waals surface area contributed by atoms with E-state index in [1.54, 1.807) is 0 Å². The van der Waals surface area contributed by atoms with Crippen molar-refractivity contribution in [1.82, 2.24) is 9.78 Å². The third-order valence-electron chi connectivity index (χ3n) is 2.88. The zero-order valence-corrected chi connectivity index (χ0v) is 11.5. The van der Waals surface area contributed by atoms with Gasteiger partial charge in [-0.3, -0.25) is 9.48 Å². The number of alkyl halides is 6. The molecule has 0 aliphatic carbocycles. The van der Waals surface area contributed by atoms with E-state index < -0.39 is 40.9 Å². The number of hydrogen-bond donors (Lipinski definition) is 1. The third kappa shape index (κ3) is 3.63. The number of aryl methyl sites for hydroxylation is 1. The minimum atomic E-state index is -4.73. The van der Waals surface area contributed by atoms with Crippen LogP contribution in [0.1, 0.15) is 21.7 Å². The summed E-state index contributed by atoms with van der Waals surface area (Å²) in [7, 11) is 0.975. The molecule has 0 unspecified atom stereocenters. The summed E-state index contributed by atoms with van der Waals surface area (Å²) in [6.45, 7) is 0. The fraction of sp³-hybridized carbons (Fsp3) is 0.231. The summed E-state index contributed by atoms with van der Waals surface area (Å²) in [5.74, 6) is -1.17. The number of rotatable bonds is 2. The predicted octanol–water partition coefficient (Wildman–Crippen LogP) is 3.71. The van der Waals surface area contributed by atoms with Crippen LogP contribution in [0.4, 0.5) is 32.0 Å². The van der Waals surface area contributed by atoms with Crippen LogP contribution in [-0.2, 0) is 19.4 Å². The van der Waals surface area contributed by atoms with E-state index in [1.165, 1.54) is 6.07 Å². The Hall–Kier alpha value is -2.52. The highest BCUT2D eigenvalue weighted by molar-refractivity contribution is 6.03. The fourth-order valence-electron chi connectivity index (χ4n) is 1.87. The van der Waals surface area contributed by atoms with Gasteiger partial charge in [0.15, 0.2) is 5.69 Å². The van der Waals surface area contributed by atoms with Gasteiger partial charge < -0.3 is 5.32 Å². The van der Waals surface area contributed by atoms with Crippen LogP contribution < -0.4 is 5.32 Å². The molecule has 10 heteroatoms. The predicted molar refractivity (Wildman–Crippen MR) is 67.6 cm³/mol. The fourth-order valence-corrected chi connectivity index (χ4v) is 1.87. The van der Waals surface area contributed by atoms with E-state index >= 15 is 0 Å². The van der Waals surface area contributed by atoms with Crippen LogP contribution in [0.2, 0.25) is 0 Å². The second-order valence-corrected chi connectivity index (χ2v) is 4.53. The summed E-state index contributed by atoms with van der Waals surface area (Å²) < 4.78 is 76.7. The second kappa shape index (κ2) is 5.60. The highest BCUT2D eigenvalue weighted by atomic mass is 19.4. The molecular weight excluding hydrogens is 328 g/mol. The molecule has 1 aromatic carbocycles. The van der Waals surface area contributed by atoms with Gasteiger partial charge in [0, 0.05) is 13.1 Å². The monoisotopic (exact) mass is 337 g/mol. The maximum Gasteiger partial charge on any atom is 0.433 e. The summed E-state index contributed by atoms with van der Waals surface area (Å²) in [6.07, 6.45) is -9.45. The van der Waals surface area contributed by atoms with Gasteiger partial charge in [0.2, 0.25) is 0 Å². The first kappa shape index (κ1) is 16.8. The molecule has 23 heavy (non-hydrogen) atoms. The van der Waals surface area contributed by atoms with Crippen LogP contribution in [0.25, 0.3) is 0 Å². The Morgan fingerprint density at radius 2 is 1.70 bits per heavy atom. The molecule has 124 valence electrons. The van der Waals surface area contributed by atoms with Gasteiger partial charge in [-0.2, -0.15) is 31.4 Å². The zero-order valence-electron chi connectivity index (χ0n) is 11.5. The van der Waals surface area contributed by atoms with Gasteiger partial charge in [0.05, 0.1) is 11.3 Å². The summed E-state index contributed by atoms with van der Waals surface area (Å²) in [4.78, 5) is 11.9. The number of amides is 1. The highest BCUT2D eigenvalue weighted by Gasteiger charge is 2.36. The van der Waals surface area contributed by atoms with Crippen LogP contribution in [0.3, 0.4) is 0 Å². The average molecular weight is 337 g/mol. The normalized spacial score (nSPS) is 12.3. The van der Waals surface area contributed by atoms with Gasteiger partial charge in [-0.15, -0.1) is 0 Å². The number of carbonyl (C=O) groups excluding carboxylic acids is 1. The standard InChI is InChI=1S/C13H9F6N3O/c1-22-10(13(17,18)19)6-9(21-22)11(23)20-8-5-3-2-4-7(8)12(14,15)16/h2-6H,1H3,(H,20,23). The van der Waals surface area contributed by atoms with Crippen LogP contribution >= 0.6 is 0 Å². The first-order valence-corrected chi connectivity index (χ1v) is 6.09. The maximum atomic E-state index is 12.8. The second-order valence-electron chi connectivity index (χ2n) is 4.53. The van der Waals surface area contributed by atoms with Crippen molar-refractivity contribution in [3.63, 3.8) is 0 Å². The van der Waals surface area contributed by atoms with Gasteiger partial charge in [0.1, 0.15) is 5.69 Å². The number of aromatic nitrogens is 2. The van der Waals surface area contributed by atoms with E-state index in [2.05, 4.69) is 5.10 Å². The Bertz CT molecular complexity index is 732. The molecule has 0 atom stereocenters. The van der Waals surface area contributed by atoms with Crippen molar-refractivity contribution in [2.75, 3.05) is 5.32 Å². The number of para-hydroxylation sites is 1. The molecule has 1 heterocycles. The number of nitrogens with zero attached hydrogens (tertiary/aromatic N) is 2. The van der Waals surface area contributed by atoms with Crippen molar-refractivity contribution >= 4 is 11.6 Å². The van der Waals surface area contributed by atoms with Crippen LogP contribution in [0.5, 0.6) is 0 Å². The molecule has 1 aromatic heterocycles. The molecule has 1 amide bonds. The lowest BCUT2D eigenvalue weighted by Crippen LogP contribution is -2.17. The molecule has 2 rings (SSSR count). The number of halogens is 6. The average Bonchev–Trinajstić information content (AvgIpc) is 2.80. The zero-order chi connectivity index (χ0) is 17.4. The Morgan fingerprint density at radius 1 is 1.09 bits per heavy atom. The molecule has 0 saturated heterocycles. The van der Waals surface area contributed by atoms with Gasteiger partial charge in [-0.25, -0.2) is 0 Å². The molecule has 0 aliphatic rings. The Kier molecular flexibility index (Phi) is 4.10. The lowest BCUT2D eigenvalue weighted by molar-refractivity contribution is -0.143. The van der Waals surface area contributed by atoms with E-state index in [1.807, 2.05) is 5.32 Å². The third-order valence-corrected chi connectivity index (χ3v) is 2.88. The van der Waals surface area contributed by atoms with Crippen molar-refractivity contribution in [2.45, 2.75) is 12.4 Å². The van der Waals surface area contributed by atoms with Gasteiger partial charge in [-0.05, 0) is 12.1 Å². The van der Waals surface area contributed by atoms with Crippen molar-refractivity contribution in [2.24, 2.45) is 7.05 Å². The number of hydrogen-bond acceptors (Lipinski definition) is 2. The van der Waals surface area contributed by atoms with Crippen molar-refractivity contribution < 1.29 is 31.1 Å². The Morgan fingerprint density at radius 3 is 2.22 bits per heavy atom. The SMILES string of the molecule is Cn1nc(C(=O)Nc2ccccc2C(F)(F)F)cc1C(F)(F)F. The minimum Gasteiger partial charge on any atom is -0.320 e. The van der Waals surface area contributed by atoms with Crippen LogP contribution in [0, 0.1) is 0 Å². The number of nitrogens with one attached hydrogen (secondary N) is 1. The summed E-state index contributed by atoms with van der Waals surface area (Å²) in [5.41, 5.74) is -3.51. The number of benzene rings is 1. The van der Waals surface area contributed by atoms with Crippen molar-refractivity contribution in [1.29, 1.82) is 0 Å². The van der Waals surface area contributed by atoms with E-state index in [-0.39, 0.29) is 0 Å².